The van der Waals surface area contributed by atoms with Crippen LogP contribution in [0.15, 0.2) is 24.3 Å². The van der Waals surface area contributed by atoms with Crippen LogP contribution in [-0.4, -0.2) is 40.2 Å². The number of benzene rings is 1. The molecule has 1 spiro atoms. The van der Waals surface area contributed by atoms with Crippen LogP contribution in [0, 0.1) is 0 Å². The minimum absolute atomic E-state index is 0.179. The predicted octanol–water partition coefficient (Wildman–Crippen LogP) is 2.08. The Labute approximate surface area is 164 Å². The molecule has 3 rings (SSSR count). The van der Waals surface area contributed by atoms with Crippen molar-refractivity contribution in [2.24, 2.45) is 0 Å². The van der Waals surface area contributed by atoms with Gasteiger partial charge in [0.05, 0.1) is 6.04 Å². The lowest BCUT2D eigenvalue weighted by atomic mass is 9.97. The fraction of sp³-hybridized carbons (Fsp3) is 0.500. The quantitative estimate of drug-likeness (QED) is 0.673. The first-order valence-electron chi connectivity index (χ1n) is 9.57. The molecule has 1 aliphatic carbocycles. The molecule has 0 bridgehead atoms. The second-order valence-electron chi connectivity index (χ2n) is 7.61. The van der Waals surface area contributed by atoms with Gasteiger partial charge < -0.3 is 16.0 Å². The molecule has 2 atom stereocenters. The third-order valence-corrected chi connectivity index (χ3v) is 5.48. The van der Waals surface area contributed by atoms with E-state index >= 15 is 0 Å². The molecule has 8 heteroatoms. The summed E-state index contributed by atoms with van der Waals surface area (Å²) in [5.74, 6) is -0.893. The Hall–Kier alpha value is -2.90. The van der Waals surface area contributed by atoms with Crippen molar-refractivity contribution in [2.45, 2.75) is 64.1 Å². The highest BCUT2D eigenvalue weighted by molar-refractivity contribution is 6.10. The van der Waals surface area contributed by atoms with E-state index < -0.39 is 23.5 Å². The standard InChI is InChI=1S/C20H26N4O4/c1-12(15-7-6-8-16(11-15)22-14(3)25)21-17(26)13(2)24-18(27)20(23-19(24)28)9-4-5-10-20/h6-8,11-13H,4-5,9-10H2,1-3H3,(H,21,26)(H,22,25)(H,23,28). The summed E-state index contributed by atoms with van der Waals surface area (Å²) in [6, 6.07) is 5.39. The van der Waals surface area contributed by atoms with Crippen LogP contribution in [0.25, 0.3) is 0 Å². The summed E-state index contributed by atoms with van der Waals surface area (Å²) in [7, 11) is 0. The number of anilines is 1. The van der Waals surface area contributed by atoms with Crippen molar-refractivity contribution in [3.05, 3.63) is 29.8 Å². The molecule has 3 N–H and O–H groups in total. The minimum atomic E-state index is -0.909. The molecule has 5 amide bonds. The summed E-state index contributed by atoms with van der Waals surface area (Å²) in [5.41, 5.74) is 0.608. The number of hydrogen-bond donors (Lipinski definition) is 3. The third kappa shape index (κ3) is 3.72. The Morgan fingerprint density at radius 1 is 1.18 bits per heavy atom. The van der Waals surface area contributed by atoms with Gasteiger partial charge in [-0.15, -0.1) is 0 Å². The molecule has 8 nitrogen and oxygen atoms in total. The average Bonchev–Trinajstić information content (AvgIpc) is 3.19. The van der Waals surface area contributed by atoms with Crippen molar-refractivity contribution in [3.8, 4) is 0 Å². The molecule has 2 unspecified atom stereocenters. The van der Waals surface area contributed by atoms with Gasteiger partial charge in [0, 0.05) is 12.6 Å². The molecule has 1 aliphatic heterocycles. The lowest BCUT2D eigenvalue weighted by Crippen LogP contribution is -2.50. The molecule has 28 heavy (non-hydrogen) atoms. The summed E-state index contributed by atoms with van der Waals surface area (Å²) in [4.78, 5) is 50.2. The Morgan fingerprint density at radius 2 is 1.86 bits per heavy atom. The largest absolute Gasteiger partial charge is 0.348 e. The maximum Gasteiger partial charge on any atom is 0.325 e. The van der Waals surface area contributed by atoms with Gasteiger partial charge in [-0.2, -0.15) is 0 Å². The van der Waals surface area contributed by atoms with Crippen molar-refractivity contribution in [2.75, 3.05) is 5.32 Å². The predicted molar refractivity (Wildman–Crippen MR) is 103 cm³/mol. The van der Waals surface area contributed by atoms with Crippen molar-refractivity contribution in [3.63, 3.8) is 0 Å². The van der Waals surface area contributed by atoms with Crippen molar-refractivity contribution < 1.29 is 19.2 Å². The van der Waals surface area contributed by atoms with E-state index in [2.05, 4.69) is 16.0 Å². The number of rotatable bonds is 5. The SMILES string of the molecule is CC(=O)Nc1cccc(C(C)NC(=O)C(C)N2C(=O)NC3(CCCC3)C2=O)c1. The molecule has 150 valence electrons. The van der Waals surface area contributed by atoms with Gasteiger partial charge in [-0.3, -0.25) is 14.4 Å². The zero-order valence-corrected chi connectivity index (χ0v) is 16.4. The van der Waals surface area contributed by atoms with Crippen molar-refractivity contribution in [1.29, 1.82) is 0 Å². The van der Waals surface area contributed by atoms with Crippen LogP contribution in [0.4, 0.5) is 10.5 Å². The minimum Gasteiger partial charge on any atom is -0.348 e. The van der Waals surface area contributed by atoms with E-state index in [1.165, 1.54) is 6.92 Å². The number of carbonyl (C=O) groups is 4. The van der Waals surface area contributed by atoms with E-state index in [9.17, 15) is 19.2 Å². The zero-order valence-electron chi connectivity index (χ0n) is 16.4. The molecule has 1 aromatic carbocycles. The first-order valence-corrected chi connectivity index (χ1v) is 9.57. The molecular formula is C20H26N4O4. The van der Waals surface area contributed by atoms with E-state index in [-0.39, 0.29) is 17.9 Å². The molecule has 1 aromatic rings. The van der Waals surface area contributed by atoms with Crippen LogP contribution in [-0.2, 0) is 14.4 Å². The van der Waals surface area contributed by atoms with Gasteiger partial charge in [0.1, 0.15) is 11.6 Å². The van der Waals surface area contributed by atoms with Crippen LogP contribution >= 0.6 is 0 Å². The maximum absolute atomic E-state index is 12.8. The Balaban J connectivity index is 1.68. The lowest BCUT2D eigenvalue weighted by molar-refractivity contribution is -0.138. The zero-order chi connectivity index (χ0) is 20.5. The van der Waals surface area contributed by atoms with Crippen LogP contribution < -0.4 is 16.0 Å². The van der Waals surface area contributed by atoms with Gasteiger partial charge in [0.15, 0.2) is 0 Å². The van der Waals surface area contributed by atoms with Gasteiger partial charge in [0.25, 0.3) is 5.91 Å². The van der Waals surface area contributed by atoms with E-state index in [1.54, 1.807) is 25.1 Å². The molecule has 1 saturated carbocycles. The molecule has 2 fully saturated rings. The highest BCUT2D eigenvalue weighted by atomic mass is 16.2. The van der Waals surface area contributed by atoms with Gasteiger partial charge in [-0.25, -0.2) is 9.69 Å². The number of amides is 5. The van der Waals surface area contributed by atoms with Gasteiger partial charge in [-0.1, -0.05) is 25.0 Å². The van der Waals surface area contributed by atoms with E-state index in [4.69, 9.17) is 0 Å². The number of urea groups is 1. The number of imide groups is 1. The monoisotopic (exact) mass is 386 g/mol. The maximum atomic E-state index is 12.8. The summed E-state index contributed by atoms with van der Waals surface area (Å²) >= 11 is 0. The van der Waals surface area contributed by atoms with E-state index in [0.29, 0.717) is 18.5 Å². The van der Waals surface area contributed by atoms with E-state index in [1.807, 2.05) is 13.0 Å². The molecule has 2 aliphatic rings. The number of carbonyl (C=O) groups excluding carboxylic acids is 4. The van der Waals surface area contributed by atoms with Gasteiger partial charge in [-0.05, 0) is 44.4 Å². The second-order valence-corrected chi connectivity index (χ2v) is 7.61. The number of nitrogens with zero attached hydrogens (tertiary/aromatic N) is 1. The van der Waals surface area contributed by atoms with Crippen LogP contribution in [0.5, 0.6) is 0 Å². The Kier molecular flexibility index (Phi) is 5.40. The van der Waals surface area contributed by atoms with Crippen LogP contribution in [0.3, 0.4) is 0 Å². The highest BCUT2D eigenvalue weighted by Gasteiger charge is 2.54. The summed E-state index contributed by atoms with van der Waals surface area (Å²) in [5, 5.41) is 8.34. The third-order valence-electron chi connectivity index (χ3n) is 5.48. The first kappa shape index (κ1) is 19.9. The Morgan fingerprint density at radius 3 is 2.50 bits per heavy atom. The smallest absolute Gasteiger partial charge is 0.325 e. The molecule has 1 heterocycles. The summed E-state index contributed by atoms with van der Waals surface area (Å²) in [6.07, 6.45) is 3.02. The summed E-state index contributed by atoms with van der Waals surface area (Å²) < 4.78 is 0. The topological polar surface area (TPSA) is 108 Å². The normalized spacial score (nSPS) is 20.0. The fourth-order valence-electron chi connectivity index (χ4n) is 3.93. The molecule has 0 aromatic heterocycles. The fourth-order valence-corrected chi connectivity index (χ4v) is 3.93. The van der Waals surface area contributed by atoms with E-state index in [0.717, 1.165) is 23.3 Å². The number of hydrogen-bond acceptors (Lipinski definition) is 4. The Bertz CT molecular complexity index is 816. The van der Waals surface area contributed by atoms with Crippen LogP contribution in [0.2, 0.25) is 0 Å². The highest BCUT2D eigenvalue weighted by Crippen LogP contribution is 2.35. The van der Waals surface area contributed by atoms with Crippen molar-refractivity contribution >= 4 is 29.4 Å². The van der Waals surface area contributed by atoms with Gasteiger partial charge in [0.2, 0.25) is 11.8 Å². The lowest BCUT2D eigenvalue weighted by Gasteiger charge is -2.25. The number of nitrogens with one attached hydrogen (secondary N) is 3. The molecule has 1 saturated heterocycles. The molecule has 0 radical (unpaired) electrons. The van der Waals surface area contributed by atoms with Crippen molar-refractivity contribution in [1.82, 2.24) is 15.5 Å². The summed E-state index contributed by atoms with van der Waals surface area (Å²) in [6.45, 7) is 4.79. The second kappa shape index (κ2) is 7.61. The first-order chi connectivity index (χ1) is 13.2. The van der Waals surface area contributed by atoms with Crippen LogP contribution in [0.1, 0.15) is 58.1 Å². The average molecular weight is 386 g/mol. The van der Waals surface area contributed by atoms with Gasteiger partial charge >= 0.3 is 6.03 Å². The molecular weight excluding hydrogens is 360 g/mol.